The van der Waals surface area contributed by atoms with Crippen molar-refractivity contribution < 1.29 is 0 Å². The maximum atomic E-state index is 2.84. The summed E-state index contributed by atoms with van der Waals surface area (Å²) in [4.78, 5) is 5.52. The van der Waals surface area contributed by atoms with Crippen molar-refractivity contribution in [3.63, 3.8) is 0 Å². The predicted octanol–water partition coefficient (Wildman–Crippen LogP) is 2.10. The van der Waals surface area contributed by atoms with Gasteiger partial charge in [-0.1, -0.05) is 6.42 Å². The highest BCUT2D eigenvalue weighted by molar-refractivity contribution is 5.06. The first-order chi connectivity index (χ1) is 7.05. The molecule has 2 atom stereocenters. The third-order valence-electron chi connectivity index (χ3n) is 4.69. The van der Waals surface area contributed by atoms with Gasteiger partial charge in [0.1, 0.15) is 0 Å². The molecule has 3 heterocycles. The van der Waals surface area contributed by atoms with Gasteiger partial charge in [0.25, 0.3) is 0 Å². The summed E-state index contributed by atoms with van der Waals surface area (Å²) >= 11 is 0. The zero-order valence-corrected chi connectivity index (χ0v) is 10.4. The molecule has 15 heavy (non-hydrogen) atoms. The molecule has 0 aromatic rings. The smallest absolute Gasteiger partial charge is 0.0245 e. The summed E-state index contributed by atoms with van der Waals surface area (Å²) in [5.41, 5.74) is 0.378. The monoisotopic (exact) mass is 208 g/mol. The number of rotatable bonds is 1. The first kappa shape index (κ1) is 10.1. The van der Waals surface area contributed by atoms with Crippen LogP contribution in [0.5, 0.6) is 0 Å². The van der Waals surface area contributed by atoms with Gasteiger partial charge >= 0.3 is 0 Å². The minimum atomic E-state index is 0.378. The average molecular weight is 208 g/mol. The molecule has 2 heteroatoms. The topological polar surface area (TPSA) is 6.48 Å². The summed E-state index contributed by atoms with van der Waals surface area (Å²) in [6.45, 7) is 9.69. The third kappa shape index (κ3) is 1.53. The molecule has 0 amide bonds. The van der Waals surface area contributed by atoms with Crippen molar-refractivity contribution in [1.29, 1.82) is 0 Å². The van der Waals surface area contributed by atoms with Gasteiger partial charge in [-0.2, -0.15) is 0 Å². The van der Waals surface area contributed by atoms with Gasteiger partial charge in [0.15, 0.2) is 0 Å². The van der Waals surface area contributed by atoms with Gasteiger partial charge in [-0.05, 0) is 40.0 Å². The highest BCUT2D eigenvalue weighted by Gasteiger charge is 2.50. The van der Waals surface area contributed by atoms with E-state index in [0.717, 1.165) is 18.1 Å². The van der Waals surface area contributed by atoms with E-state index in [1.165, 1.54) is 38.8 Å². The van der Waals surface area contributed by atoms with Crippen LogP contribution < -0.4 is 0 Å². The fourth-order valence-corrected chi connectivity index (χ4v) is 3.47. The molecule has 3 aliphatic heterocycles. The van der Waals surface area contributed by atoms with Crippen LogP contribution in [0, 0.1) is 0 Å². The maximum absolute atomic E-state index is 2.84. The number of hydrogen-bond acceptors (Lipinski definition) is 2. The number of nitrogens with zero attached hydrogens (tertiary/aromatic N) is 2. The predicted molar refractivity (Wildman–Crippen MR) is 63.0 cm³/mol. The van der Waals surface area contributed by atoms with E-state index in [0.29, 0.717) is 5.54 Å². The van der Waals surface area contributed by atoms with Crippen LogP contribution in [-0.4, -0.2) is 46.6 Å². The van der Waals surface area contributed by atoms with E-state index in [1.807, 2.05) is 0 Å². The fourth-order valence-electron chi connectivity index (χ4n) is 3.47. The van der Waals surface area contributed by atoms with Crippen LogP contribution in [0.1, 0.15) is 46.5 Å². The lowest BCUT2D eigenvalue weighted by molar-refractivity contribution is -0.131. The van der Waals surface area contributed by atoms with Crippen molar-refractivity contribution in [3.05, 3.63) is 0 Å². The minimum absolute atomic E-state index is 0.378. The minimum Gasteiger partial charge on any atom is -0.295 e. The van der Waals surface area contributed by atoms with Crippen molar-refractivity contribution >= 4 is 0 Å². The first-order valence-corrected chi connectivity index (χ1v) is 6.58. The quantitative estimate of drug-likeness (QED) is 0.651. The summed E-state index contributed by atoms with van der Waals surface area (Å²) in [6, 6.07) is 2.76. The number of piperazine rings is 1. The Kier molecular flexibility index (Phi) is 2.16. The highest BCUT2D eigenvalue weighted by Crippen LogP contribution is 2.41. The lowest BCUT2D eigenvalue weighted by Gasteiger charge is -2.63. The Bertz CT molecular complexity index is 240. The first-order valence-electron chi connectivity index (χ1n) is 6.58. The van der Waals surface area contributed by atoms with Gasteiger partial charge < -0.3 is 0 Å². The van der Waals surface area contributed by atoms with Gasteiger partial charge in [0, 0.05) is 36.8 Å². The van der Waals surface area contributed by atoms with E-state index in [4.69, 9.17) is 0 Å². The largest absolute Gasteiger partial charge is 0.295 e. The molecule has 1 saturated carbocycles. The Morgan fingerprint density at radius 1 is 0.933 bits per heavy atom. The Morgan fingerprint density at radius 3 is 1.93 bits per heavy atom. The Balaban J connectivity index is 1.64. The van der Waals surface area contributed by atoms with Crippen molar-refractivity contribution in [2.75, 3.05) is 13.1 Å². The van der Waals surface area contributed by atoms with Crippen LogP contribution in [0.15, 0.2) is 0 Å². The second-order valence-corrected chi connectivity index (χ2v) is 6.65. The molecular weight excluding hydrogens is 184 g/mol. The summed E-state index contributed by atoms with van der Waals surface area (Å²) in [5.74, 6) is 0. The molecule has 0 aromatic carbocycles. The van der Waals surface area contributed by atoms with Crippen LogP contribution >= 0.6 is 0 Å². The van der Waals surface area contributed by atoms with Gasteiger partial charge in [-0.15, -0.1) is 0 Å². The van der Waals surface area contributed by atoms with Crippen molar-refractivity contribution in [2.45, 2.75) is 70.1 Å². The van der Waals surface area contributed by atoms with Crippen molar-refractivity contribution in [1.82, 2.24) is 9.80 Å². The summed E-state index contributed by atoms with van der Waals surface area (Å²) in [6.07, 6.45) is 5.90. The summed E-state index contributed by atoms with van der Waals surface area (Å²) < 4.78 is 0. The molecule has 0 radical (unpaired) electrons. The molecule has 0 unspecified atom stereocenters. The Labute approximate surface area is 93.6 Å². The molecular formula is C13H24N2. The van der Waals surface area contributed by atoms with Crippen LogP contribution in [0.2, 0.25) is 0 Å². The van der Waals surface area contributed by atoms with Gasteiger partial charge in [-0.25, -0.2) is 0 Å². The van der Waals surface area contributed by atoms with Crippen LogP contribution in [-0.2, 0) is 0 Å². The molecule has 0 spiro atoms. The number of fused-ring (bicyclic) bond motifs is 2. The average Bonchev–Trinajstić information content (AvgIpc) is 2.09. The molecule has 4 rings (SSSR count). The second-order valence-electron chi connectivity index (χ2n) is 6.65. The van der Waals surface area contributed by atoms with Gasteiger partial charge in [-0.3, -0.25) is 9.80 Å². The van der Waals surface area contributed by atoms with E-state index in [2.05, 4.69) is 30.6 Å². The summed E-state index contributed by atoms with van der Waals surface area (Å²) in [7, 11) is 0. The maximum Gasteiger partial charge on any atom is 0.0245 e. The summed E-state index contributed by atoms with van der Waals surface area (Å²) in [5, 5.41) is 0. The molecule has 3 saturated heterocycles. The zero-order chi connectivity index (χ0) is 10.6. The highest BCUT2D eigenvalue weighted by atomic mass is 15.4. The molecule has 2 bridgehead atoms. The lowest BCUT2D eigenvalue weighted by Crippen LogP contribution is -2.73. The van der Waals surface area contributed by atoms with Crippen LogP contribution in [0.25, 0.3) is 0 Å². The molecule has 2 nitrogen and oxygen atoms in total. The number of piperidine rings is 1. The van der Waals surface area contributed by atoms with Crippen LogP contribution in [0.4, 0.5) is 0 Å². The van der Waals surface area contributed by atoms with Crippen molar-refractivity contribution in [3.8, 4) is 0 Å². The molecule has 86 valence electrons. The lowest BCUT2D eigenvalue weighted by atomic mass is 9.78. The van der Waals surface area contributed by atoms with E-state index in [9.17, 15) is 0 Å². The third-order valence-corrected chi connectivity index (χ3v) is 4.69. The normalized spacial score (nSPS) is 38.6. The SMILES string of the molecule is CC(C)(C)N1C[C@H]2C[C@@H](C1)N2C1CCC1. The molecule has 0 aromatic heterocycles. The van der Waals surface area contributed by atoms with Gasteiger partial charge in [0.2, 0.25) is 0 Å². The molecule has 1 aliphatic carbocycles. The van der Waals surface area contributed by atoms with E-state index in [-0.39, 0.29) is 0 Å². The number of hydrogen-bond donors (Lipinski definition) is 0. The van der Waals surface area contributed by atoms with E-state index < -0.39 is 0 Å². The van der Waals surface area contributed by atoms with E-state index >= 15 is 0 Å². The molecule has 4 fully saturated rings. The second kappa shape index (κ2) is 3.21. The molecule has 4 aliphatic rings. The molecule has 0 N–H and O–H groups in total. The van der Waals surface area contributed by atoms with Gasteiger partial charge in [0.05, 0.1) is 0 Å². The Hall–Kier alpha value is -0.0800. The standard InChI is InChI=1S/C13H24N2/c1-13(2,3)14-8-11-7-12(9-14)15(11)10-5-4-6-10/h10-12H,4-9H2,1-3H3/t11-,12+. The Morgan fingerprint density at radius 2 is 1.53 bits per heavy atom. The van der Waals surface area contributed by atoms with E-state index in [1.54, 1.807) is 0 Å². The fraction of sp³-hybridized carbons (Fsp3) is 1.00. The van der Waals surface area contributed by atoms with Crippen LogP contribution in [0.3, 0.4) is 0 Å². The zero-order valence-electron chi connectivity index (χ0n) is 10.4. The van der Waals surface area contributed by atoms with Crippen molar-refractivity contribution in [2.24, 2.45) is 0 Å².